The fourth-order valence-corrected chi connectivity index (χ4v) is 5.51. The summed E-state index contributed by atoms with van der Waals surface area (Å²) in [7, 11) is -3.33. The van der Waals surface area contributed by atoms with Gasteiger partial charge in [0.2, 0.25) is 15.9 Å². The number of carbonyl (C=O) groups excluding carboxylic acids is 1. The van der Waals surface area contributed by atoms with Gasteiger partial charge in [0.05, 0.1) is 11.2 Å². The van der Waals surface area contributed by atoms with Crippen LogP contribution in [0.15, 0.2) is 43.0 Å². The van der Waals surface area contributed by atoms with Gasteiger partial charge < -0.3 is 4.90 Å². The monoisotopic (exact) mass is 376 g/mol. The maximum Gasteiger partial charge on any atom is 0.230 e. The molecule has 0 radical (unpaired) electrons. The maximum absolute atomic E-state index is 13.1. The zero-order valence-electron chi connectivity index (χ0n) is 15.3. The van der Waals surface area contributed by atoms with E-state index in [1.165, 1.54) is 15.9 Å². The average molecular weight is 377 g/mol. The summed E-state index contributed by atoms with van der Waals surface area (Å²) < 4.78 is 26.1. The molecule has 2 aliphatic heterocycles. The zero-order chi connectivity index (χ0) is 18.6. The molecule has 0 saturated carbocycles. The van der Waals surface area contributed by atoms with Crippen LogP contribution in [0.25, 0.3) is 0 Å². The summed E-state index contributed by atoms with van der Waals surface area (Å²) in [5.41, 5.74) is 0.772. The van der Waals surface area contributed by atoms with E-state index in [1.807, 2.05) is 23.1 Å². The van der Waals surface area contributed by atoms with Crippen molar-refractivity contribution >= 4 is 15.9 Å². The lowest BCUT2D eigenvalue weighted by Crippen LogP contribution is -2.50. The van der Waals surface area contributed by atoms with Crippen molar-refractivity contribution < 1.29 is 13.2 Å². The second-order valence-electron chi connectivity index (χ2n) is 7.42. The van der Waals surface area contributed by atoms with E-state index in [0.717, 1.165) is 38.8 Å². The highest BCUT2D eigenvalue weighted by Crippen LogP contribution is 2.41. The molecule has 2 fully saturated rings. The Labute approximate surface area is 156 Å². The second kappa shape index (κ2) is 7.92. The predicted octanol–water partition coefficient (Wildman–Crippen LogP) is 2.45. The number of carbonyl (C=O) groups is 1. The largest absolute Gasteiger partial charge is 0.342 e. The van der Waals surface area contributed by atoms with Crippen LogP contribution in [0.2, 0.25) is 0 Å². The molecular weight excluding hydrogens is 348 g/mol. The summed E-state index contributed by atoms with van der Waals surface area (Å²) in [5, 5.41) is 0. The number of aryl methyl sites for hydroxylation is 1. The topological polar surface area (TPSA) is 57.7 Å². The van der Waals surface area contributed by atoms with Gasteiger partial charge in [0.25, 0.3) is 0 Å². The number of sulfonamides is 1. The van der Waals surface area contributed by atoms with Crippen molar-refractivity contribution in [1.82, 2.24) is 9.21 Å². The third kappa shape index (κ3) is 4.01. The summed E-state index contributed by atoms with van der Waals surface area (Å²) in [6.45, 7) is 5.83. The lowest BCUT2D eigenvalue weighted by molar-refractivity contribution is -0.145. The molecule has 1 atom stereocenters. The lowest BCUT2D eigenvalue weighted by Gasteiger charge is -2.39. The minimum Gasteiger partial charge on any atom is -0.342 e. The molecule has 0 N–H and O–H groups in total. The number of amides is 1. The maximum atomic E-state index is 13.1. The van der Waals surface area contributed by atoms with E-state index in [2.05, 4.69) is 18.7 Å². The third-order valence-corrected chi connectivity index (χ3v) is 7.36. The Morgan fingerprint density at radius 2 is 1.92 bits per heavy atom. The van der Waals surface area contributed by atoms with Gasteiger partial charge in [0, 0.05) is 26.2 Å². The summed E-state index contributed by atoms with van der Waals surface area (Å²) in [4.78, 5) is 15.1. The molecule has 5 nitrogen and oxygen atoms in total. The Morgan fingerprint density at radius 3 is 2.65 bits per heavy atom. The molecule has 1 spiro atoms. The van der Waals surface area contributed by atoms with Crippen molar-refractivity contribution in [2.24, 2.45) is 5.41 Å². The molecule has 1 aromatic rings. The normalized spacial score (nSPS) is 24.3. The summed E-state index contributed by atoms with van der Waals surface area (Å²) in [6, 6.07) is 10.3. The molecule has 0 aliphatic carbocycles. The van der Waals surface area contributed by atoms with Crippen molar-refractivity contribution in [2.45, 2.75) is 32.1 Å². The molecule has 2 heterocycles. The number of likely N-dealkylation sites (tertiary alicyclic amines) is 1. The Hall–Kier alpha value is -1.66. The first kappa shape index (κ1) is 19.1. The molecule has 0 aromatic heterocycles. The molecule has 2 aliphatic rings. The fraction of sp³-hybridized carbons (Fsp3) is 0.550. The van der Waals surface area contributed by atoms with E-state index in [1.54, 1.807) is 0 Å². The Bertz CT molecular complexity index is 748. The molecule has 1 aromatic carbocycles. The van der Waals surface area contributed by atoms with E-state index >= 15 is 0 Å². The third-order valence-electron chi connectivity index (χ3n) is 5.60. The van der Waals surface area contributed by atoms with Gasteiger partial charge >= 0.3 is 0 Å². The average Bonchev–Trinajstić information content (AvgIpc) is 3.06. The van der Waals surface area contributed by atoms with Crippen LogP contribution in [-0.4, -0.2) is 55.5 Å². The molecule has 2 saturated heterocycles. The highest BCUT2D eigenvalue weighted by molar-refractivity contribution is 7.89. The van der Waals surface area contributed by atoms with Crippen LogP contribution in [-0.2, 0) is 21.2 Å². The minimum atomic E-state index is -3.33. The van der Waals surface area contributed by atoms with Gasteiger partial charge in [0.15, 0.2) is 0 Å². The predicted molar refractivity (Wildman–Crippen MR) is 103 cm³/mol. The van der Waals surface area contributed by atoms with Crippen LogP contribution in [0.4, 0.5) is 0 Å². The molecule has 0 unspecified atom stereocenters. The summed E-state index contributed by atoms with van der Waals surface area (Å²) in [5.74, 6) is 0.0889. The van der Waals surface area contributed by atoms with Gasteiger partial charge in [-0.1, -0.05) is 36.4 Å². The van der Waals surface area contributed by atoms with Gasteiger partial charge in [-0.15, -0.1) is 6.58 Å². The van der Waals surface area contributed by atoms with Crippen LogP contribution < -0.4 is 0 Å². The van der Waals surface area contributed by atoms with E-state index in [9.17, 15) is 13.2 Å². The number of rotatable bonds is 7. The first-order chi connectivity index (χ1) is 12.5. The number of piperidine rings is 1. The minimum absolute atomic E-state index is 0.0575. The first-order valence-corrected chi connectivity index (χ1v) is 11.0. The van der Waals surface area contributed by atoms with Crippen LogP contribution >= 0.6 is 0 Å². The number of hydrogen-bond acceptors (Lipinski definition) is 3. The smallest absolute Gasteiger partial charge is 0.230 e. The summed E-state index contributed by atoms with van der Waals surface area (Å²) >= 11 is 0. The van der Waals surface area contributed by atoms with Gasteiger partial charge in [-0.25, -0.2) is 12.7 Å². The van der Waals surface area contributed by atoms with Gasteiger partial charge in [-0.2, -0.15) is 0 Å². The Morgan fingerprint density at radius 1 is 1.15 bits per heavy atom. The molecule has 0 bridgehead atoms. The Kier molecular flexibility index (Phi) is 5.82. The van der Waals surface area contributed by atoms with Gasteiger partial charge in [0.1, 0.15) is 0 Å². The molecule has 3 rings (SSSR count). The van der Waals surface area contributed by atoms with Crippen LogP contribution in [0, 0.1) is 5.41 Å². The number of hydrogen-bond donors (Lipinski definition) is 0. The molecule has 26 heavy (non-hydrogen) atoms. The quantitative estimate of drug-likeness (QED) is 0.687. The van der Waals surface area contributed by atoms with E-state index in [0.29, 0.717) is 19.5 Å². The zero-order valence-corrected chi connectivity index (χ0v) is 16.1. The van der Waals surface area contributed by atoms with Crippen molar-refractivity contribution in [1.29, 1.82) is 0 Å². The van der Waals surface area contributed by atoms with Crippen LogP contribution in [0.3, 0.4) is 0 Å². The Balaban J connectivity index is 1.60. The molecular formula is C20H28N2O3S. The van der Waals surface area contributed by atoms with E-state index in [-0.39, 0.29) is 11.7 Å². The standard InChI is InChI=1S/C20H28N2O3S/c1-2-16-26(24,25)22-15-12-20(17-22)11-7-14-21(19(20)23)13-6-10-18-8-4-3-5-9-18/h2-5,8-9H,1,6-7,10-17H2/t20-/m0/s1. The first-order valence-electron chi connectivity index (χ1n) is 9.39. The molecule has 1 amide bonds. The van der Waals surface area contributed by atoms with Crippen molar-refractivity contribution in [3.05, 3.63) is 48.6 Å². The van der Waals surface area contributed by atoms with Crippen LogP contribution in [0.1, 0.15) is 31.2 Å². The van der Waals surface area contributed by atoms with E-state index < -0.39 is 15.4 Å². The number of benzene rings is 1. The van der Waals surface area contributed by atoms with E-state index in [4.69, 9.17) is 0 Å². The van der Waals surface area contributed by atoms with Gasteiger partial charge in [-0.05, 0) is 37.7 Å². The van der Waals surface area contributed by atoms with Crippen molar-refractivity contribution in [2.75, 3.05) is 31.9 Å². The molecule has 142 valence electrons. The highest BCUT2D eigenvalue weighted by atomic mass is 32.2. The lowest BCUT2D eigenvalue weighted by atomic mass is 9.78. The summed E-state index contributed by atoms with van der Waals surface area (Å²) in [6.07, 6.45) is 5.69. The SMILES string of the molecule is C=CCS(=O)(=O)N1CC[C@@]2(CCCN(CCCc3ccccc3)C2=O)C1. The number of nitrogens with zero attached hydrogens (tertiary/aromatic N) is 2. The highest BCUT2D eigenvalue weighted by Gasteiger charge is 2.50. The van der Waals surface area contributed by atoms with Gasteiger partial charge in [-0.3, -0.25) is 4.79 Å². The molecule has 6 heteroatoms. The van der Waals surface area contributed by atoms with Crippen molar-refractivity contribution in [3.63, 3.8) is 0 Å². The van der Waals surface area contributed by atoms with Crippen LogP contribution in [0.5, 0.6) is 0 Å². The second-order valence-corrected chi connectivity index (χ2v) is 9.43. The fourth-order valence-electron chi connectivity index (χ4n) is 4.19. The van der Waals surface area contributed by atoms with Crippen molar-refractivity contribution in [3.8, 4) is 0 Å².